The van der Waals surface area contributed by atoms with E-state index in [1.165, 1.54) is 6.07 Å². The van der Waals surface area contributed by atoms with Crippen molar-refractivity contribution in [3.05, 3.63) is 66.2 Å². The Morgan fingerprint density at radius 1 is 0.914 bits per heavy atom. The van der Waals surface area contributed by atoms with Crippen molar-refractivity contribution in [2.45, 2.75) is 6.42 Å². The average Bonchev–Trinajstić information content (AvgIpc) is 3.29. The second-order valence-electron chi connectivity index (χ2n) is 7.70. The summed E-state index contributed by atoms with van der Waals surface area (Å²) in [7, 11) is -7.16. The highest BCUT2D eigenvalue weighted by Gasteiger charge is 2.33. The van der Waals surface area contributed by atoms with Gasteiger partial charge in [-0.1, -0.05) is 30.3 Å². The Hall–Kier alpha value is -3.75. The van der Waals surface area contributed by atoms with Crippen molar-refractivity contribution >= 4 is 52.2 Å². The lowest BCUT2D eigenvalue weighted by atomic mass is 10.1. The molecule has 184 valence electrons. The first kappa shape index (κ1) is 24.4. The number of hydrogen-bond donors (Lipinski definition) is 4. The van der Waals surface area contributed by atoms with Crippen LogP contribution < -0.4 is 15.4 Å². The summed E-state index contributed by atoms with van der Waals surface area (Å²) in [5.41, 5.74) is 2.90. The molecule has 0 unspecified atom stereocenters. The summed E-state index contributed by atoms with van der Waals surface area (Å²) in [5.74, 6) is 0.583. The van der Waals surface area contributed by atoms with Crippen LogP contribution in [0.25, 0.3) is 11.0 Å². The van der Waals surface area contributed by atoms with Crippen LogP contribution in [-0.2, 0) is 24.5 Å². The lowest BCUT2D eigenvalue weighted by Gasteiger charge is -2.17. The standard InChI is InChI=1S/C21H24N8O4S2/c1-29(2)35(32,33)34(30,31)27-18-10-11-20(22-13-12-15-6-4-3-5-7-15)24-21(18)23-16-8-9-17-19(14-16)26-28-25-17/h3-11,14,27H,12-13H2,1-2H3,(H2,22,23,24)(H,25,26,28). The van der Waals surface area contributed by atoms with Crippen molar-refractivity contribution in [2.24, 2.45) is 0 Å². The van der Waals surface area contributed by atoms with Crippen molar-refractivity contribution in [3.8, 4) is 0 Å². The predicted octanol–water partition coefficient (Wildman–Crippen LogP) is 2.30. The maximum absolute atomic E-state index is 12.6. The minimum absolute atomic E-state index is 0.0377. The Morgan fingerprint density at radius 3 is 2.40 bits per heavy atom. The summed E-state index contributed by atoms with van der Waals surface area (Å²) in [6.07, 6.45) is 0.754. The summed E-state index contributed by atoms with van der Waals surface area (Å²) < 4.78 is 52.5. The van der Waals surface area contributed by atoms with Crippen LogP contribution in [0.15, 0.2) is 60.7 Å². The Balaban J connectivity index is 1.62. The second kappa shape index (κ2) is 9.85. The van der Waals surface area contributed by atoms with Crippen molar-refractivity contribution in [2.75, 3.05) is 36.0 Å². The van der Waals surface area contributed by atoms with Gasteiger partial charge in [-0.2, -0.15) is 36.6 Å². The number of nitrogens with one attached hydrogen (secondary N) is 4. The number of fused-ring (bicyclic) bond motifs is 1. The number of rotatable bonds is 10. The van der Waals surface area contributed by atoms with Gasteiger partial charge in [-0.25, -0.2) is 4.98 Å². The predicted molar refractivity (Wildman–Crippen MR) is 135 cm³/mol. The second-order valence-corrected chi connectivity index (χ2v) is 13.0. The maximum Gasteiger partial charge on any atom is 0.353 e. The number of benzene rings is 2. The van der Waals surface area contributed by atoms with E-state index in [4.69, 9.17) is 0 Å². The number of H-pyrrole nitrogens is 1. The van der Waals surface area contributed by atoms with Gasteiger partial charge in [-0.15, -0.1) is 0 Å². The number of anilines is 4. The van der Waals surface area contributed by atoms with Gasteiger partial charge in [0.1, 0.15) is 16.9 Å². The van der Waals surface area contributed by atoms with Gasteiger partial charge in [0.2, 0.25) is 0 Å². The third-order valence-electron chi connectivity index (χ3n) is 5.00. The third-order valence-corrected chi connectivity index (χ3v) is 9.72. The Bertz CT molecular complexity index is 1540. The van der Waals surface area contributed by atoms with Gasteiger partial charge in [0.15, 0.2) is 5.82 Å². The number of hydrogen-bond acceptors (Lipinski definition) is 9. The van der Waals surface area contributed by atoms with E-state index >= 15 is 0 Å². The molecule has 2 aromatic carbocycles. The van der Waals surface area contributed by atoms with Gasteiger partial charge >= 0.3 is 18.1 Å². The van der Waals surface area contributed by atoms with Crippen LogP contribution >= 0.6 is 0 Å². The first-order chi connectivity index (χ1) is 16.7. The Labute approximate surface area is 202 Å². The molecule has 0 saturated heterocycles. The number of aromatic nitrogens is 4. The van der Waals surface area contributed by atoms with Crippen LogP contribution in [0, 0.1) is 0 Å². The monoisotopic (exact) mass is 516 g/mol. The molecule has 0 fully saturated rings. The molecule has 0 saturated carbocycles. The summed E-state index contributed by atoms with van der Waals surface area (Å²) in [5, 5.41) is 16.8. The van der Waals surface area contributed by atoms with Gasteiger partial charge in [0.05, 0.1) is 5.69 Å². The van der Waals surface area contributed by atoms with E-state index in [0.717, 1.165) is 26.1 Å². The highest BCUT2D eigenvalue weighted by molar-refractivity contribution is 8.66. The van der Waals surface area contributed by atoms with Crippen molar-refractivity contribution in [1.29, 1.82) is 0 Å². The first-order valence-corrected chi connectivity index (χ1v) is 13.9. The van der Waals surface area contributed by atoms with Crippen LogP contribution in [0.1, 0.15) is 5.56 Å². The number of pyridine rings is 1. The normalized spacial score (nSPS) is 12.1. The molecule has 4 aromatic rings. The number of nitrogens with zero attached hydrogens (tertiary/aromatic N) is 4. The van der Waals surface area contributed by atoms with Crippen molar-refractivity contribution in [1.82, 2.24) is 24.7 Å². The zero-order valence-electron chi connectivity index (χ0n) is 18.9. The quantitative estimate of drug-likeness (QED) is 0.232. The topological polar surface area (TPSA) is 162 Å². The molecular formula is C21H24N8O4S2. The summed E-state index contributed by atoms with van der Waals surface area (Å²) >= 11 is 0. The lowest BCUT2D eigenvalue weighted by Crippen LogP contribution is -2.34. The summed E-state index contributed by atoms with van der Waals surface area (Å²) in [6.45, 7) is 0.585. The molecule has 0 atom stereocenters. The molecule has 12 nitrogen and oxygen atoms in total. The minimum atomic E-state index is -4.80. The van der Waals surface area contributed by atoms with Crippen LogP contribution in [0.3, 0.4) is 0 Å². The van der Waals surface area contributed by atoms with E-state index in [-0.39, 0.29) is 11.5 Å². The van der Waals surface area contributed by atoms with E-state index in [1.54, 1.807) is 24.3 Å². The molecule has 0 aliphatic rings. The molecule has 4 rings (SSSR count). The highest BCUT2D eigenvalue weighted by atomic mass is 33.2. The minimum Gasteiger partial charge on any atom is -0.370 e. The molecule has 0 radical (unpaired) electrons. The molecule has 0 bridgehead atoms. The maximum atomic E-state index is 12.6. The summed E-state index contributed by atoms with van der Waals surface area (Å²) in [4.78, 5) is 4.48. The van der Waals surface area contributed by atoms with Crippen LogP contribution in [0.5, 0.6) is 0 Å². The molecule has 0 spiro atoms. The molecule has 2 aromatic heterocycles. The van der Waals surface area contributed by atoms with Gasteiger partial charge in [0, 0.05) is 26.3 Å². The van der Waals surface area contributed by atoms with E-state index in [9.17, 15) is 16.8 Å². The molecule has 2 heterocycles. The molecular weight excluding hydrogens is 492 g/mol. The first-order valence-electron chi connectivity index (χ1n) is 10.5. The molecule has 0 aliphatic heterocycles. The smallest absolute Gasteiger partial charge is 0.353 e. The van der Waals surface area contributed by atoms with Crippen LogP contribution in [0.2, 0.25) is 0 Å². The van der Waals surface area contributed by atoms with E-state index < -0.39 is 18.1 Å². The Morgan fingerprint density at radius 2 is 1.66 bits per heavy atom. The van der Waals surface area contributed by atoms with Gasteiger partial charge in [0.25, 0.3) is 0 Å². The zero-order chi connectivity index (χ0) is 25.1. The van der Waals surface area contributed by atoms with E-state index in [1.807, 2.05) is 30.3 Å². The van der Waals surface area contributed by atoms with Crippen LogP contribution in [-0.4, -0.2) is 62.2 Å². The summed E-state index contributed by atoms with van der Waals surface area (Å²) in [6, 6.07) is 18.1. The van der Waals surface area contributed by atoms with Gasteiger partial charge in [-0.05, 0) is 42.3 Å². The van der Waals surface area contributed by atoms with Crippen molar-refractivity contribution in [3.63, 3.8) is 0 Å². The third kappa shape index (κ3) is 5.50. The molecule has 0 amide bonds. The highest BCUT2D eigenvalue weighted by Crippen LogP contribution is 2.28. The van der Waals surface area contributed by atoms with E-state index in [2.05, 4.69) is 35.8 Å². The fourth-order valence-corrected chi connectivity index (χ4v) is 5.85. The van der Waals surface area contributed by atoms with Gasteiger partial charge in [-0.3, -0.25) is 4.72 Å². The molecule has 35 heavy (non-hydrogen) atoms. The Kier molecular flexibility index (Phi) is 6.86. The fourth-order valence-electron chi connectivity index (χ4n) is 3.15. The lowest BCUT2D eigenvalue weighted by molar-refractivity contribution is 0.528. The SMILES string of the molecule is CN(C)S(=O)(=O)S(=O)(=O)Nc1ccc(NCCc2ccccc2)nc1Nc1ccc2n[nH]nc2c1. The van der Waals surface area contributed by atoms with Crippen molar-refractivity contribution < 1.29 is 16.8 Å². The fraction of sp³-hybridized carbons (Fsp3) is 0.190. The van der Waals surface area contributed by atoms with Crippen LogP contribution in [0.4, 0.5) is 23.0 Å². The zero-order valence-corrected chi connectivity index (χ0v) is 20.6. The van der Waals surface area contributed by atoms with E-state index in [0.29, 0.717) is 33.4 Å². The molecule has 4 N–H and O–H groups in total. The largest absolute Gasteiger partial charge is 0.370 e. The molecule has 14 heteroatoms. The average molecular weight is 517 g/mol. The number of aromatic amines is 1. The molecule has 0 aliphatic carbocycles. The van der Waals surface area contributed by atoms with Gasteiger partial charge < -0.3 is 10.6 Å².